The molecule has 0 saturated heterocycles. The Morgan fingerprint density at radius 2 is 2.00 bits per heavy atom. The Balaban J connectivity index is 1.71. The minimum Gasteiger partial charge on any atom is -0.497 e. The number of aromatic nitrogens is 1. The summed E-state index contributed by atoms with van der Waals surface area (Å²) in [5.74, 6) is 0.644. The third kappa shape index (κ3) is 5.33. The van der Waals surface area contributed by atoms with Gasteiger partial charge in [0.1, 0.15) is 29.6 Å². The van der Waals surface area contributed by atoms with Crippen LogP contribution in [0.4, 0.5) is 4.39 Å². The van der Waals surface area contributed by atoms with Crippen molar-refractivity contribution in [2.24, 2.45) is 0 Å². The molecule has 0 fully saturated rings. The molecule has 0 atom stereocenters. The molecule has 0 unspecified atom stereocenters. The first-order valence-electron chi connectivity index (χ1n) is 8.78. The van der Waals surface area contributed by atoms with Crippen molar-refractivity contribution in [3.05, 3.63) is 64.0 Å². The summed E-state index contributed by atoms with van der Waals surface area (Å²) in [6, 6.07) is 12.1. The van der Waals surface area contributed by atoms with Crippen LogP contribution in [-0.2, 0) is 22.6 Å². The molecule has 1 heterocycles. The molecule has 0 saturated carbocycles. The van der Waals surface area contributed by atoms with E-state index >= 15 is 0 Å². The maximum Gasteiger partial charge on any atom is 0.305 e. The predicted molar refractivity (Wildman–Crippen MR) is 113 cm³/mol. The fraction of sp³-hybridized carbons (Fsp3) is 0.238. The van der Waals surface area contributed by atoms with E-state index in [1.54, 1.807) is 12.1 Å². The zero-order valence-corrected chi connectivity index (χ0v) is 18.3. The van der Waals surface area contributed by atoms with Gasteiger partial charge >= 0.3 is 5.97 Å². The highest BCUT2D eigenvalue weighted by atomic mass is 79.9. The molecule has 3 rings (SSSR count). The van der Waals surface area contributed by atoms with Crippen molar-refractivity contribution in [2.45, 2.75) is 19.4 Å². The maximum absolute atomic E-state index is 14.3. The normalized spacial score (nSPS) is 10.6. The van der Waals surface area contributed by atoms with Gasteiger partial charge in [0, 0.05) is 12.0 Å². The number of aryl methyl sites for hydroxylation is 1. The van der Waals surface area contributed by atoms with Crippen LogP contribution < -0.4 is 9.47 Å². The lowest BCUT2D eigenvalue weighted by molar-refractivity contribution is -0.140. The largest absolute Gasteiger partial charge is 0.497 e. The molecule has 5 nitrogen and oxygen atoms in total. The second-order valence-corrected chi connectivity index (χ2v) is 7.70. The van der Waals surface area contributed by atoms with Gasteiger partial charge in [-0.15, -0.1) is 0 Å². The van der Waals surface area contributed by atoms with E-state index in [1.807, 2.05) is 24.3 Å². The van der Waals surface area contributed by atoms with Gasteiger partial charge in [0.15, 0.2) is 0 Å². The standard InChI is InChI=1S/C21H19BrFNO4S/c1-26-14-7-8-17(23)16(11-14)21-20(22)18(24-29-21)12-28-15-5-3-4-13(10-15)6-9-19(25)27-2/h3-5,7-8,10-11H,6,9,12H2,1-2H3. The molecule has 0 spiro atoms. The first kappa shape index (κ1) is 21.3. The van der Waals surface area contributed by atoms with Gasteiger partial charge in [-0.25, -0.2) is 4.39 Å². The molecule has 8 heteroatoms. The lowest BCUT2D eigenvalue weighted by Gasteiger charge is -2.08. The highest BCUT2D eigenvalue weighted by Gasteiger charge is 2.17. The van der Waals surface area contributed by atoms with Gasteiger partial charge in [-0.3, -0.25) is 4.79 Å². The van der Waals surface area contributed by atoms with Crippen LogP contribution in [0.2, 0.25) is 0 Å². The zero-order chi connectivity index (χ0) is 20.8. The van der Waals surface area contributed by atoms with Gasteiger partial charge < -0.3 is 14.2 Å². The quantitative estimate of drug-likeness (QED) is 0.404. The topological polar surface area (TPSA) is 57.7 Å². The number of carbonyl (C=O) groups is 1. The van der Waals surface area contributed by atoms with Crippen molar-refractivity contribution in [1.82, 2.24) is 4.37 Å². The summed E-state index contributed by atoms with van der Waals surface area (Å²) in [6.45, 7) is 0.225. The van der Waals surface area contributed by atoms with Gasteiger partial charge in [-0.2, -0.15) is 4.37 Å². The molecule has 0 aliphatic carbocycles. The Bertz CT molecular complexity index is 1010. The molecular formula is C21H19BrFNO4S. The number of hydrogen-bond acceptors (Lipinski definition) is 6. The highest BCUT2D eigenvalue weighted by Crippen LogP contribution is 2.38. The van der Waals surface area contributed by atoms with E-state index in [0.717, 1.165) is 5.56 Å². The summed E-state index contributed by atoms with van der Waals surface area (Å²) in [7, 11) is 2.91. The Hall–Kier alpha value is -2.45. The first-order chi connectivity index (χ1) is 14.0. The monoisotopic (exact) mass is 479 g/mol. The molecule has 3 aromatic rings. The van der Waals surface area contributed by atoms with Crippen molar-refractivity contribution in [2.75, 3.05) is 14.2 Å². The summed E-state index contributed by atoms with van der Waals surface area (Å²) in [4.78, 5) is 12.0. The molecule has 2 aromatic carbocycles. The second kappa shape index (κ2) is 9.84. The van der Waals surface area contributed by atoms with Crippen LogP contribution in [0.25, 0.3) is 10.4 Å². The van der Waals surface area contributed by atoms with Crippen molar-refractivity contribution in [1.29, 1.82) is 0 Å². The molecule has 29 heavy (non-hydrogen) atoms. The minimum atomic E-state index is -0.346. The SMILES string of the molecule is COC(=O)CCc1cccc(OCc2nsc(-c3cc(OC)ccc3F)c2Br)c1. The number of halogens is 2. The van der Waals surface area contributed by atoms with Crippen molar-refractivity contribution in [3.63, 3.8) is 0 Å². The van der Waals surface area contributed by atoms with Crippen molar-refractivity contribution in [3.8, 4) is 21.9 Å². The van der Waals surface area contributed by atoms with Gasteiger partial charge in [0.2, 0.25) is 0 Å². The van der Waals surface area contributed by atoms with Gasteiger partial charge in [0.05, 0.1) is 23.6 Å². The summed E-state index contributed by atoms with van der Waals surface area (Å²) in [5.41, 5.74) is 2.07. The average Bonchev–Trinajstić information content (AvgIpc) is 3.11. The number of carbonyl (C=O) groups excluding carboxylic acids is 1. The van der Waals surface area contributed by atoms with E-state index < -0.39 is 0 Å². The number of benzene rings is 2. The number of rotatable bonds is 8. The van der Waals surface area contributed by atoms with Crippen LogP contribution in [-0.4, -0.2) is 24.6 Å². The van der Waals surface area contributed by atoms with Crippen LogP contribution in [0.5, 0.6) is 11.5 Å². The number of nitrogens with zero attached hydrogens (tertiary/aromatic N) is 1. The summed E-state index contributed by atoms with van der Waals surface area (Å²) >= 11 is 4.71. The molecule has 0 radical (unpaired) electrons. The smallest absolute Gasteiger partial charge is 0.305 e. The van der Waals surface area contributed by atoms with E-state index in [4.69, 9.17) is 9.47 Å². The van der Waals surface area contributed by atoms with Crippen LogP contribution in [0.1, 0.15) is 17.7 Å². The fourth-order valence-corrected chi connectivity index (χ4v) is 4.21. The van der Waals surface area contributed by atoms with Gasteiger partial charge in [0.25, 0.3) is 0 Å². The van der Waals surface area contributed by atoms with E-state index in [9.17, 15) is 9.18 Å². The molecule has 0 bridgehead atoms. The number of hydrogen-bond donors (Lipinski definition) is 0. The van der Waals surface area contributed by atoms with Crippen LogP contribution >= 0.6 is 27.5 Å². The molecule has 152 valence electrons. The molecule has 0 N–H and O–H groups in total. The Labute approximate surface area is 180 Å². The number of ether oxygens (including phenoxy) is 3. The Kier molecular flexibility index (Phi) is 7.22. The van der Waals surface area contributed by atoms with Crippen LogP contribution in [0.3, 0.4) is 0 Å². The van der Waals surface area contributed by atoms with Crippen molar-refractivity contribution < 1.29 is 23.4 Å². The van der Waals surface area contributed by atoms with Gasteiger partial charge in [-0.05, 0) is 69.8 Å². The summed E-state index contributed by atoms with van der Waals surface area (Å²) < 4.78 is 35.1. The van der Waals surface area contributed by atoms with Gasteiger partial charge in [-0.1, -0.05) is 12.1 Å². The van der Waals surface area contributed by atoms with Crippen molar-refractivity contribution >= 4 is 33.4 Å². The molecule has 0 amide bonds. The number of esters is 1. The second-order valence-electron chi connectivity index (χ2n) is 6.13. The predicted octanol–water partition coefficient (Wildman–Crippen LogP) is 5.40. The lowest BCUT2D eigenvalue weighted by Crippen LogP contribution is -2.02. The van der Waals surface area contributed by atoms with Crippen LogP contribution in [0, 0.1) is 5.82 Å². The highest BCUT2D eigenvalue weighted by molar-refractivity contribution is 9.10. The van der Waals surface area contributed by atoms with E-state index in [0.29, 0.717) is 44.9 Å². The number of methoxy groups -OCH3 is 2. The molecule has 0 aliphatic rings. The summed E-state index contributed by atoms with van der Waals surface area (Å²) in [6.07, 6.45) is 0.885. The maximum atomic E-state index is 14.3. The molecule has 0 aliphatic heterocycles. The summed E-state index contributed by atoms with van der Waals surface area (Å²) in [5, 5.41) is 0. The van der Waals surface area contributed by atoms with E-state index in [-0.39, 0.29) is 18.4 Å². The zero-order valence-electron chi connectivity index (χ0n) is 15.9. The molecular weight excluding hydrogens is 461 g/mol. The Morgan fingerprint density at radius 1 is 1.17 bits per heavy atom. The van der Waals surface area contributed by atoms with Crippen LogP contribution in [0.15, 0.2) is 46.9 Å². The van der Waals surface area contributed by atoms with E-state index in [1.165, 1.54) is 31.8 Å². The first-order valence-corrected chi connectivity index (χ1v) is 10.3. The minimum absolute atomic E-state index is 0.225. The lowest BCUT2D eigenvalue weighted by atomic mass is 10.1. The third-order valence-electron chi connectivity index (χ3n) is 4.24. The third-order valence-corrected chi connectivity index (χ3v) is 6.27. The Morgan fingerprint density at radius 3 is 2.76 bits per heavy atom. The molecule has 1 aromatic heterocycles. The fourth-order valence-electron chi connectivity index (χ4n) is 2.67. The average molecular weight is 480 g/mol. The van der Waals surface area contributed by atoms with E-state index in [2.05, 4.69) is 25.0 Å².